The number of aryl methyl sites for hydroxylation is 1. The second-order valence-corrected chi connectivity index (χ2v) is 7.08. The van der Waals surface area contributed by atoms with Crippen LogP contribution in [0.2, 0.25) is 0 Å². The molecular formula is C20H20N6O2. The lowest BCUT2D eigenvalue weighted by molar-refractivity contribution is 0.0673. The number of phenolic OH excluding ortho intramolecular Hbond substituents is 1. The van der Waals surface area contributed by atoms with Gasteiger partial charge < -0.3 is 9.84 Å². The van der Waals surface area contributed by atoms with E-state index in [4.69, 9.17) is 4.74 Å². The number of fused-ring (bicyclic) bond motifs is 1. The number of aromatic nitrogens is 6. The van der Waals surface area contributed by atoms with Crippen LogP contribution in [0.5, 0.6) is 5.75 Å². The zero-order valence-corrected chi connectivity index (χ0v) is 15.5. The summed E-state index contributed by atoms with van der Waals surface area (Å²) in [6, 6.07) is 7.74. The first-order valence-corrected chi connectivity index (χ1v) is 9.30. The van der Waals surface area contributed by atoms with E-state index in [-0.39, 0.29) is 5.75 Å². The summed E-state index contributed by atoms with van der Waals surface area (Å²) < 4.78 is 9.11. The highest BCUT2D eigenvalue weighted by Crippen LogP contribution is 2.33. The Labute approximate surface area is 161 Å². The number of hydrogen-bond donors (Lipinski definition) is 1. The predicted octanol–water partition coefficient (Wildman–Crippen LogP) is 2.95. The Morgan fingerprint density at radius 3 is 2.64 bits per heavy atom. The lowest BCUT2D eigenvalue weighted by atomic mass is 10.0. The number of benzene rings is 1. The van der Waals surface area contributed by atoms with Gasteiger partial charge >= 0.3 is 0 Å². The van der Waals surface area contributed by atoms with Crippen LogP contribution in [0.4, 0.5) is 0 Å². The van der Waals surface area contributed by atoms with Gasteiger partial charge in [-0.2, -0.15) is 10.2 Å². The molecule has 0 unspecified atom stereocenters. The van der Waals surface area contributed by atoms with Crippen molar-refractivity contribution in [1.82, 2.24) is 29.8 Å². The smallest absolute Gasteiger partial charge is 0.180 e. The Bertz CT molecular complexity index is 1140. The first kappa shape index (κ1) is 16.9. The van der Waals surface area contributed by atoms with Crippen LogP contribution in [0.3, 0.4) is 0 Å². The van der Waals surface area contributed by atoms with E-state index in [0.717, 1.165) is 48.2 Å². The van der Waals surface area contributed by atoms with E-state index >= 15 is 0 Å². The third kappa shape index (κ3) is 2.91. The molecule has 0 bridgehead atoms. The standard InChI is InChI=1S/C20H20N6O2/c1-25-12-15(11-21-25)13-2-3-17(19(27)9-13)18-8-14-10-22-26(20(14)24-23-18)16-4-6-28-7-5-16/h2-3,8-12,16,27H,4-7H2,1H3. The molecule has 1 saturated heterocycles. The van der Waals surface area contributed by atoms with Crippen LogP contribution in [-0.4, -0.2) is 48.1 Å². The Morgan fingerprint density at radius 1 is 1.04 bits per heavy atom. The van der Waals surface area contributed by atoms with Crippen LogP contribution in [0.15, 0.2) is 42.9 Å². The molecule has 8 heteroatoms. The first-order chi connectivity index (χ1) is 13.7. The molecule has 0 spiro atoms. The Morgan fingerprint density at radius 2 is 1.89 bits per heavy atom. The summed E-state index contributed by atoms with van der Waals surface area (Å²) in [5.41, 5.74) is 3.87. The topological polar surface area (TPSA) is 90.9 Å². The maximum atomic E-state index is 10.6. The van der Waals surface area contributed by atoms with Gasteiger partial charge in [0.15, 0.2) is 5.65 Å². The van der Waals surface area contributed by atoms with Crippen molar-refractivity contribution in [3.05, 3.63) is 42.9 Å². The minimum atomic E-state index is 0.159. The average Bonchev–Trinajstić information content (AvgIpc) is 3.34. The van der Waals surface area contributed by atoms with Crippen molar-refractivity contribution in [2.24, 2.45) is 7.05 Å². The molecule has 142 valence electrons. The fourth-order valence-corrected chi connectivity index (χ4v) is 3.68. The van der Waals surface area contributed by atoms with Crippen molar-refractivity contribution in [1.29, 1.82) is 0 Å². The van der Waals surface area contributed by atoms with E-state index in [0.29, 0.717) is 17.3 Å². The van der Waals surface area contributed by atoms with Gasteiger partial charge in [-0.3, -0.25) is 4.68 Å². The molecule has 5 rings (SSSR count). The fourth-order valence-electron chi connectivity index (χ4n) is 3.68. The van der Waals surface area contributed by atoms with Crippen molar-refractivity contribution >= 4 is 11.0 Å². The van der Waals surface area contributed by atoms with Gasteiger partial charge in [-0.1, -0.05) is 6.07 Å². The second kappa shape index (κ2) is 6.72. The summed E-state index contributed by atoms with van der Waals surface area (Å²) in [7, 11) is 1.86. The van der Waals surface area contributed by atoms with E-state index in [1.165, 1.54) is 0 Å². The Balaban J connectivity index is 1.49. The van der Waals surface area contributed by atoms with Crippen LogP contribution in [0, 0.1) is 0 Å². The molecule has 1 aliphatic rings. The van der Waals surface area contributed by atoms with Crippen LogP contribution in [0.25, 0.3) is 33.4 Å². The van der Waals surface area contributed by atoms with E-state index in [9.17, 15) is 5.11 Å². The summed E-state index contributed by atoms with van der Waals surface area (Å²) in [5, 5.41) is 28.9. The van der Waals surface area contributed by atoms with Gasteiger partial charge in [0.25, 0.3) is 0 Å². The fraction of sp³-hybridized carbons (Fsp3) is 0.300. The van der Waals surface area contributed by atoms with Gasteiger partial charge in [0.1, 0.15) is 5.75 Å². The first-order valence-electron chi connectivity index (χ1n) is 9.30. The summed E-state index contributed by atoms with van der Waals surface area (Å²) >= 11 is 0. The Hall–Kier alpha value is -3.26. The zero-order chi connectivity index (χ0) is 19.1. The minimum Gasteiger partial charge on any atom is -0.507 e. The van der Waals surface area contributed by atoms with Crippen LogP contribution >= 0.6 is 0 Å². The molecule has 0 radical (unpaired) electrons. The van der Waals surface area contributed by atoms with Crippen molar-refractivity contribution in [3.63, 3.8) is 0 Å². The van der Waals surface area contributed by atoms with E-state index in [1.54, 1.807) is 16.9 Å². The third-order valence-electron chi connectivity index (χ3n) is 5.19. The molecule has 1 fully saturated rings. The highest BCUT2D eigenvalue weighted by Gasteiger charge is 2.20. The molecule has 1 N–H and O–H groups in total. The quantitative estimate of drug-likeness (QED) is 0.591. The molecule has 1 aliphatic heterocycles. The summed E-state index contributed by atoms with van der Waals surface area (Å²) in [6.45, 7) is 1.49. The second-order valence-electron chi connectivity index (χ2n) is 7.08. The van der Waals surface area contributed by atoms with E-state index < -0.39 is 0 Å². The molecular weight excluding hydrogens is 356 g/mol. The van der Waals surface area contributed by atoms with Gasteiger partial charge in [0, 0.05) is 43.0 Å². The lowest BCUT2D eigenvalue weighted by Gasteiger charge is -2.22. The lowest BCUT2D eigenvalue weighted by Crippen LogP contribution is -2.20. The summed E-state index contributed by atoms with van der Waals surface area (Å²) in [6.07, 6.45) is 7.34. The minimum absolute atomic E-state index is 0.159. The normalized spacial score (nSPS) is 15.3. The van der Waals surface area contributed by atoms with Gasteiger partial charge in [-0.25, -0.2) is 4.68 Å². The third-order valence-corrected chi connectivity index (χ3v) is 5.19. The van der Waals surface area contributed by atoms with E-state index in [1.807, 2.05) is 42.3 Å². The number of nitrogens with zero attached hydrogens (tertiary/aromatic N) is 6. The van der Waals surface area contributed by atoms with Crippen molar-refractivity contribution in [2.45, 2.75) is 18.9 Å². The van der Waals surface area contributed by atoms with Gasteiger partial charge in [-0.15, -0.1) is 10.2 Å². The Kier molecular flexibility index (Phi) is 4.05. The number of hydrogen-bond acceptors (Lipinski definition) is 6. The molecule has 0 aliphatic carbocycles. The highest BCUT2D eigenvalue weighted by molar-refractivity contribution is 5.81. The number of rotatable bonds is 3. The molecule has 8 nitrogen and oxygen atoms in total. The van der Waals surface area contributed by atoms with Crippen molar-refractivity contribution in [3.8, 4) is 28.1 Å². The van der Waals surface area contributed by atoms with Gasteiger partial charge in [0.2, 0.25) is 0 Å². The largest absolute Gasteiger partial charge is 0.507 e. The van der Waals surface area contributed by atoms with Crippen LogP contribution in [0.1, 0.15) is 18.9 Å². The van der Waals surface area contributed by atoms with E-state index in [2.05, 4.69) is 20.4 Å². The van der Waals surface area contributed by atoms with Crippen LogP contribution < -0.4 is 0 Å². The number of ether oxygens (including phenoxy) is 1. The molecule has 1 aromatic carbocycles. The molecule has 0 atom stereocenters. The average molecular weight is 376 g/mol. The predicted molar refractivity (Wildman–Crippen MR) is 104 cm³/mol. The molecule has 0 amide bonds. The van der Waals surface area contributed by atoms with Crippen LogP contribution in [-0.2, 0) is 11.8 Å². The summed E-state index contributed by atoms with van der Waals surface area (Å²) in [4.78, 5) is 0. The maximum Gasteiger partial charge on any atom is 0.180 e. The number of aromatic hydroxyl groups is 1. The molecule has 4 aromatic rings. The molecule has 28 heavy (non-hydrogen) atoms. The maximum absolute atomic E-state index is 10.6. The van der Waals surface area contributed by atoms with Gasteiger partial charge in [0.05, 0.1) is 24.1 Å². The SMILES string of the molecule is Cn1cc(-c2ccc(-c3cc4cnn(C5CCOCC5)c4nn3)c(O)c2)cn1. The molecule has 3 aromatic heterocycles. The monoisotopic (exact) mass is 376 g/mol. The molecule has 4 heterocycles. The summed E-state index contributed by atoms with van der Waals surface area (Å²) in [5.74, 6) is 0.159. The van der Waals surface area contributed by atoms with Crippen molar-refractivity contribution < 1.29 is 9.84 Å². The highest BCUT2D eigenvalue weighted by atomic mass is 16.5. The number of phenols is 1. The molecule has 0 saturated carbocycles. The van der Waals surface area contributed by atoms with Gasteiger partial charge in [-0.05, 0) is 36.6 Å². The zero-order valence-electron chi connectivity index (χ0n) is 15.5. The van der Waals surface area contributed by atoms with Crippen molar-refractivity contribution in [2.75, 3.05) is 13.2 Å².